The number of likely N-dealkylation sites (tertiary alicyclic amines) is 1. The Bertz CT molecular complexity index is 326. The Morgan fingerprint density at radius 1 is 1.39 bits per heavy atom. The van der Waals surface area contributed by atoms with Gasteiger partial charge < -0.3 is 25.2 Å². The molecule has 0 spiro atoms. The van der Waals surface area contributed by atoms with Crippen molar-refractivity contribution in [2.45, 2.75) is 44.9 Å². The molecule has 1 heterocycles. The number of piperidine rings is 1. The van der Waals surface area contributed by atoms with Crippen LogP contribution in [0.1, 0.15) is 27.2 Å². The molecule has 1 rings (SSSR count). The highest BCUT2D eigenvalue weighted by Gasteiger charge is 2.32. The third kappa shape index (κ3) is 4.40. The van der Waals surface area contributed by atoms with Crippen molar-refractivity contribution in [2.24, 2.45) is 0 Å². The van der Waals surface area contributed by atoms with Crippen molar-refractivity contribution in [3.63, 3.8) is 0 Å². The van der Waals surface area contributed by atoms with E-state index in [1.54, 1.807) is 20.8 Å². The van der Waals surface area contributed by atoms with Crippen LogP contribution in [0.15, 0.2) is 0 Å². The van der Waals surface area contributed by atoms with Crippen LogP contribution >= 0.6 is 0 Å². The van der Waals surface area contributed by atoms with Gasteiger partial charge >= 0.3 is 12.2 Å². The lowest BCUT2D eigenvalue weighted by Gasteiger charge is -2.34. The van der Waals surface area contributed by atoms with Gasteiger partial charge in [0.2, 0.25) is 0 Å². The summed E-state index contributed by atoms with van der Waals surface area (Å²) in [7, 11) is 0. The van der Waals surface area contributed by atoms with Gasteiger partial charge in [-0.15, -0.1) is 0 Å². The van der Waals surface area contributed by atoms with Gasteiger partial charge in [0.1, 0.15) is 5.60 Å². The molecule has 2 amide bonds. The maximum absolute atomic E-state index is 11.5. The van der Waals surface area contributed by atoms with E-state index in [0.717, 1.165) is 4.90 Å². The summed E-state index contributed by atoms with van der Waals surface area (Å²) in [5.41, 5.74) is -0.600. The van der Waals surface area contributed by atoms with Gasteiger partial charge in [0.05, 0.1) is 18.7 Å². The average Bonchev–Trinajstić information content (AvgIpc) is 2.17. The van der Waals surface area contributed by atoms with Gasteiger partial charge in [0.25, 0.3) is 0 Å². The minimum atomic E-state index is -1.07. The van der Waals surface area contributed by atoms with Crippen molar-refractivity contribution in [1.82, 2.24) is 10.2 Å². The van der Waals surface area contributed by atoms with Crippen molar-refractivity contribution < 1.29 is 24.5 Å². The van der Waals surface area contributed by atoms with Crippen LogP contribution in [0.2, 0.25) is 0 Å². The fraction of sp³-hybridized carbons (Fsp3) is 0.818. The summed E-state index contributed by atoms with van der Waals surface area (Å²) >= 11 is 0. The first-order valence-electron chi connectivity index (χ1n) is 5.84. The molecule has 1 aliphatic heterocycles. The number of aliphatic hydroxyl groups excluding tert-OH is 1. The summed E-state index contributed by atoms with van der Waals surface area (Å²) in [6, 6.07) is -0.476. The molecular formula is C11H20N2O5. The zero-order chi connectivity index (χ0) is 13.9. The lowest BCUT2D eigenvalue weighted by Crippen LogP contribution is -2.55. The van der Waals surface area contributed by atoms with E-state index in [-0.39, 0.29) is 13.1 Å². The number of carboxylic acid groups (broad SMARTS) is 1. The third-order valence-electron chi connectivity index (χ3n) is 2.55. The van der Waals surface area contributed by atoms with Crippen LogP contribution in [0, 0.1) is 0 Å². The first-order chi connectivity index (χ1) is 8.19. The van der Waals surface area contributed by atoms with Crippen LogP contribution in [0.3, 0.4) is 0 Å². The predicted octanol–water partition coefficient (Wildman–Crippen LogP) is 0.624. The second kappa shape index (κ2) is 5.43. The number of β-amino-alcohol motifs (C(OH)–C–C–N with tert-alkyl or cyclic N) is 1. The number of ether oxygens (including phenoxy) is 1. The van der Waals surface area contributed by atoms with Crippen LogP contribution < -0.4 is 5.32 Å². The average molecular weight is 260 g/mol. The van der Waals surface area contributed by atoms with Crippen LogP contribution in [0.25, 0.3) is 0 Å². The van der Waals surface area contributed by atoms with E-state index in [4.69, 9.17) is 9.84 Å². The summed E-state index contributed by atoms with van der Waals surface area (Å²) in [4.78, 5) is 23.4. The van der Waals surface area contributed by atoms with Gasteiger partial charge in [-0.1, -0.05) is 0 Å². The number of carbonyl (C=O) groups excluding carboxylic acids is 1. The van der Waals surface area contributed by atoms with Crippen LogP contribution in [0.4, 0.5) is 9.59 Å². The van der Waals surface area contributed by atoms with E-state index >= 15 is 0 Å². The maximum atomic E-state index is 11.5. The molecule has 1 fully saturated rings. The molecular weight excluding hydrogens is 240 g/mol. The van der Waals surface area contributed by atoms with E-state index in [1.807, 2.05) is 0 Å². The summed E-state index contributed by atoms with van der Waals surface area (Å²) in [6.07, 6.45) is -2.21. The minimum absolute atomic E-state index is 0.00417. The van der Waals surface area contributed by atoms with Crippen molar-refractivity contribution in [1.29, 1.82) is 0 Å². The number of aliphatic hydroxyl groups is 1. The van der Waals surface area contributed by atoms with Crippen molar-refractivity contribution >= 4 is 12.2 Å². The van der Waals surface area contributed by atoms with Gasteiger partial charge in [0.15, 0.2) is 0 Å². The second-order valence-electron chi connectivity index (χ2n) is 5.34. The van der Waals surface area contributed by atoms with Gasteiger partial charge in [-0.3, -0.25) is 0 Å². The quantitative estimate of drug-likeness (QED) is 0.642. The van der Waals surface area contributed by atoms with Crippen molar-refractivity contribution in [3.8, 4) is 0 Å². The topological polar surface area (TPSA) is 99.1 Å². The Balaban J connectivity index is 2.45. The molecule has 0 saturated carbocycles. The molecule has 0 aliphatic carbocycles. The number of rotatable bonds is 1. The third-order valence-corrected chi connectivity index (χ3v) is 2.55. The molecule has 0 aromatic rings. The molecule has 104 valence electrons. The fourth-order valence-electron chi connectivity index (χ4n) is 1.73. The largest absolute Gasteiger partial charge is 0.465 e. The Hall–Kier alpha value is -1.50. The number of alkyl carbamates (subject to hydrolysis) is 1. The van der Waals surface area contributed by atoms with E-state index in [9.17, 15) is 14.7 Å². The van der Waals surface area contributed by atoms with E-state index < -0.39 is 29.9 Å². The smallest absolute Gasteiger partial charge is 0.407 e. The number of carbonyl (C=O) groups is 2. The predicted molar refractivity (Wildman–Crippen MR) is 63.4 cm³/mol. The van der Waals surface area contributed by atoms with Crippen molar-refractivity contribution in [3.05, 3.63) is 0 Å². The number of hydrogen-bond donors (Lipinski definition) is 3. The summed E-state index contributed by atoms with van der Waals surface area (Å²) in [5, 5.41) is 21.1. The van der Waals surface area contributed by atoms with Gasteiger partial charge in [-0.05, 0) is 27.2 Å². The van der Waals surface area contributed by atoms with Crippen molar-refractivity contribution in [2.75, 3.05) is 13.1 Å². The van der Waals surface area contributed by atoms with Gasteiger partial charge in [-0.2, -0.15) is 0 Å². The van der Waals surface area contributed by atoms with Crippen LogP contribution in [0.5, 0.6) is 0 Å². The standard InChI is InChI=1S/C11H20N2O5/c1-11(2,3)18-9(15)12-7-4-5-13(10(16)17)6-8(7)14/h7-8,14H,4-6H2,1-3H3,(H,12,15)(H,16,17)/t7-,8-/m1/s1. The molecule has 2 atom stereocenters. The first kappa shape index (κ1) is 14.6. The zero-order valence-electron chi connectivity index (χ0n) is 10.8. The minimum Gasteiger partial charge on any atom is -0.465 e. The van der Waals surface area contributed by atoms with Crippen LogP contribution in [-0.4, -0.2) is 58.1 Å². The number of nitrogens with zero attached hydrogens (tertiary/aromatic N) is 1. The Morgan fingerprint density at radius 2 is 2.00 bits per heavy atom. The lowest BCUT2D eigenvalue weighted by atomic mass is 10.0. The highest BCUT2D eigenvalue weighted by atomic mass is 16.6. The molecule has 1 saturated heterocycles. The molecule has 7 heteroatoms. The van der Waals surface area contributed by atoms with E-state index in [1.165, 1.54) is 0 Å². The number of amides is 2. The molecule has 0 bridgehead atoms. The molecule has 18 heavy (non-hydrogen) atoms. The summed E-state index contributed by atoms with van der Waals surface area (Å²) in [6.45, 7) is 5.52. The molecule has 7 nitrogen and oxygen atoms in total. The summed E-state index contributed by atoms with van der Waals surface area (Å²) < 4.78 is 5.07. The highest BCUT2D eigenvalue weighted by Crippen LogP contribution is 2.13. The summed E-state index contributed by atoms with van der Waals surface area (Å²) in [5.74, 6) is 0. The second-order valence-corrected chi connectivity index (χ2v) is 5.34. The Morgan fingerprint density at radius 3 is 2.44 bits per heavy atom. The van der Waals surface area contributed by atoms with Crippen LogP contribution in [-0.2, 0) is 4.74 Å². The van der Waals surface area contributed by atoms with E-state index in [2.05, 4.69) is 5.32 Å². The number of hydrogen-bond acceptors (Lipinski definition) is 4. The normalized spacial score (nSPS) is 24.6. The molecule has 0 aromatic heterocycles. The van der Waals surface area contributed by atoms with Gasteiger partial charge in [-0.25, -0.2) is 9.59 Å². The van der Waals surface area contributed by atoms with Gasteiger partial charge in [0, 0.05) is 6.54 Å². The molecule has 0 unspecified atom stereocenters. The molecule has 1 aliphatic rings. The maximum Gasteiger partial charge on any atom is 0.407 e. The molecule has 0 aromatic carbocycles. The van der Waals surface area contributed by atoms with E-state index in [0.29, 0.717) is 6.42 Å². The lowest BCUT2D eigenvalue weighted by molar-refractivity contribution is 0.0223. The fourth-order valence-corrected chi connectivity index (χ4v) is 1.73. The monoisotopic (exact) mass is 260 g/mol. The highest BCUT2D eigenvalue weighted by molar-refractivity contribution is 5.68. The molecule has 0 radical (unpaired) electrons. The Labute approximate surface area is 106 Å². The zero-order valence-corrected chi connectivity index (χ0v) is 10.8. The number of nitrogens with one attached hydrogen (secondary N) is 1. The SMILES string of the molecule is CC(C)(C)OC(=O)N[C@@H]1CCN(C(=O)O)C[C@H]1O. The molecule has 3 N–H and O–H groups in total. The first-order valence-corrected chi connectivity index (χ1v) is 5.84. The Kier molecular flexibility index (Phi) is 4.39.